The van der Waals surface area contributed by atoms with Gasteiger partial charge in [-0.2, -0.15) is 9.36 Å². The van der Waals surface area contributed by atoms with E-state index < -0.39 is 46.5 Å². The summed E-state index contributed by atoms with van der Waals surface area (Å²) in [6.45, 7) is 2.85. The van der Waals surface area contributed by atoms with Crippen molar-refractivity contribution in [1.29, 1.82) is 0 Å². The lowest BCUT2D eigenvalue weighted by atomic mass is 10.0. The van der Waals surface area contributed by atoms with Crippen molar-refractivity contribution in [3.63, 3.8) is 0 Å². The van der Waals surface area contributed by atoms with Crippen molar-refractivity contribution in [2.24, 2.45) is 17.9 Å². The van der Waals surface area contributed by atoms with E-state index in [1.807, 2.05) is 0 Å². The fourth-order valence-electron chi connectivity index (χ4n) is 4.03. The molecule has 4 rings (SSSR count). The molecule has 0 spiro atoms. The number of nitrogens with two attached hydrogens (primary N) is 3. The standard InChI is InChI=1S/C23H28N10O7S2/c1-23(2,21(38)39)40-29-12(16-28-22(26)42-30-16)17(34)27-13-18(35)33-14(20(36)37)11(9-41-19(13)33)8-32-7-10(5-4-6-24)15(25)31(32)3/h4-5,7,13,19,25H,6,8-9,24H2,1-3H3,(H5,26,27,28,30,34,36,37,38,39)/b5-4-,29-12-/t13-,19-/m1/s1. The minimum atomic E-state index is -1.80. The molecule has 2 amide bonds. The lowest BCUT2D eigenvalue weighted by molar-refractivity contribution is -0.765. The van der Waals surface area contributed by atoms with Gasteiger partial charge in [0, 0.05) is 29.4 Å². The molecule has 2 aromatic rings. The summed E-state index contributed by atoms with van der Waals surface area (Å²) >= 11 is 2.00. The molecule has 0 aromatic carbocycles. The highest BCUT2D eigenvalue weighted by Crippen LogP contribution is 2.40. The first-order valence-corrected chi connectivity index (χ1v) is 14.1. The highest BCUT2D eigenvalue weighted by atomic mass is 32.2. The van der Waals surface area contributed by atoms with Gasteiger partial charge in [0.05, 0.1) is 24.3 Å². The topological polar surface area (TPSA) is 261 Å². The maximum atomic E-state index is 13.2. The van der Waals surface area contributed by atoms with Crippen molar-refractivity contribution in [2.45, 2.75) is 37.4 Å². The van der Waals surface area contributed by atoms with Crippen LogP contribution in [0, 0.1) is 0 Å². The molecule has 4 heterocycles. The van der Waals surface area contributed by atoms with Gasteiger partial charge < -0.3 is 42.4 Å². The number of hydrogen-bond acceptors (Lipinski definition) is 14. The Morgan fingerprint density at radius 2 is 2.10 bits per heavy atom. The molecule has 1 fully saturated rings. The molecular weight excluding hydrogens is 592 g/mol. The predicted octanol–water partition coefficient (Wildman–Crippen LogP) is -3.01. The molecule has 0 aliphatic carbocycles. The number of carbonyl (C=O) groups is 4. The van der Waals surface area contributed by atoms with Gasteiger partial charge in [0.25, 0.3) is 11.8 Å². The number of amides is 2. The molecule has 2 atom stereocenters. The number of nitrogen functional groups attached to an aromatic ring is 2. The predicted molar refractivity (Wildman–Crippen MR) is 149 cm³/mol. The number of nitrogens with one attached hydrogen (secondary N) is 1. The van der Waals surface area contributed by atoms with Crippen LogP contribution in [0.1, 0.15) is 25.2 Å². The molecule has 224 valence electrons. The maximum Gasteiger partial charge on any atom is 0.350 e. The van der Waals surface area contributed by atoms with E-state index in [1.54, 1.807) is 34.8 Å². The van der Waals surface area contributed by atoms with Gasteiger partial charge >= 0.3 is 5.97 Å². The Bertz CT molecular complexity index is 1540. The van der Waals surface area contributed by atoms with Gasteiger partial charge in [-0.15, -0.1) is 21.1 Å². The SMILES string of the molecule is Cn1c(N)c(/C=C\CN)c[n+]1CC1=C(C(=O)[O-])N2C(=O)[C@@H](NC(=O)/C(=N\OC(C)(C)C(=O)O)c3nsc(N)n3)[C@H]2SC1. The molecule has 17 nitrogen and oxygen atoms in total. The van der Waals surface area contributed by atoms with Gasteiger partial charge in [0.1, 0.15) is 11.4 Å². The Hall–Kier alpha value is -4.49. The number of aliphatic carboxylic acids is 2. The minimum Gasteiger partial charge on any atom is -0.543 e. The fourth-order valence-corrected chi connectivity index (χ4v) is 5.80. The third-order valence-corrected chi connectivity index (χ3v) is 8.26. The van der Waals surface area contributed by atoms with E-state index in [0.717, 1.165) is 16.4 Å². The van der Waals surface area contributed by atoms with Crippen molar-refractivity contribution >= 4 is 69.8 Å². The molecule has 0 bridgehead atoms. The first-order chi connectivity index (χ1) is 19.8. The molecule has 19 heteroatoms. The first-order valence-electron chi connectivity index (χ1n) is 12.3. The number of thioether (sulfide) groups is 1. The summed E-state index contributed by atoms with van der Waals surface area (Å²) in [6, 6.07) is -1.14. The second-order valence-corrected chi connectivity index (χ2v) is 11.5. The van der Waals surface area contributed by atoms with Gasteiger partial charge in [-0.1, -0.05) is 11.2 Å². The number of anilines is 2. The number of hydrogen-bond donors (Lipinski definition) is 5. The van der Waals surface area contributed by atoms with Crippen LogP contribution in [0.5, 0.6) is 0 Å². The van der Waals surface area contributed by atoms with E-state index in [1.165, 1.54) is 25.6 Å². The van der Waals surface area contributed by atoms with Crippen molar-refractivity contribution in [1.82, 2.24) is 24.3 Å². The summed E-state index contributed by atoms with van der Waals surface area (Å²) in [5.74, 6) is -4.15. The quantitative estimate of drug-likeness (QED) is 0.0726. The molecule has 42 heavy (non-hydrogen) atoms. The number of carbonyl (C=O) groups excluding carboxylic acids is 3. The monoisotopic (exact) mass is 620 g/mol. The van der Waals surface area contributed by atoms with E-state index >= 15 is 0 Å². The van der Waals surface area contributed by atoms with Crippen molar-refractivity contribution < 1.29 is 38.9 Å². The van der Waals surface area contributed by atoms with Crippen LogP contribution in [0.2, 0.25) is 0 Å². The van der Waals surface area contributed by atoms with Crippen LogP contribution in [0.25, 0.3) is 6.08 Å². The molecule has 8 N–H and O–H groups in total. The Labute approximate surface area is 246 Å². The van der Waals surface area contributed by atoms with Gasteiger partial charge in [0.15, 0.2) is 17.5 Å². The van der Waals surface area contributed by atoms with Crippen LogP contribution in [-0.4, -0.2) is 82.8 Å². The Morgan fingerprint density at radius 3 is 2.69 bits per heavy atom. The van der Waals surface area contributed by atoms with Crippen molar-refractivity contribution in [3.05, 3.63) is 34.9 Å². The molecule has 2 aliphatic heterocycles. The second kappa shape index (κ2) is 11.8. The zero-order chi connectivity index (χ0) is 30.9. The molecule has 2 aliphatic rings. The van der Waals surface area contributed by atoms with Crippen molar-refractivity contribution in [2.75, 3.05) is 23.8 Å². The Kier molecular flexibility index (Phi) is 8.55. The third-order valence-electron chi connectivity index (χ3n) is 6.38. The van der Waals surface area contributed by atoms with Gasteiger partial charge in [-0.25, -0.2) is 4.79 Å². The lowest BCUT2D eigenvalue weighted by Crippen LogP contribution is -2.71. The lowest BCUT2D eigenvalue weighted by Gasteiger charge is -2.50. The van der Waals surface area contributed by atoms with Crippen LogP contribution >= 0.6 is 23.3 Å². The van der Waals surface area contributed by atoms with E-state index in [4.69, 9.17) is 22.0 Å². The summed E-state index contributed by atoms with van der Waals surface area (Å²) in [5.41, 5.74) is 15.8. The largest absolute Gasteiger partial charge is 0.543 e. The summed E-state index contributed by atoms with van der Waals surface area (Å²) < 4.78 is 7.26. The fraction of sp³-hybridized carbons (Fsp3) is 0.391. The highest BCUT2D eigenvalue weighted by molar-refractivity contribution is 8.00. The van der Waals surface area contributed by atoms with Crippen LogP contribution in [0.4, 0.5) is 10.9 Å². The van der Waals surface area contributed by atoms with Gasteiger partial charge in [-0.3, -0.25) is 14.5 Å². The van der Waals surface area contributed by atoms with Gasteiger partial charge in [-0.05, 0) is 19.9 Å². The highest BCUT2D eigenvalue weighted by Gasteiger charge is 2.53. The van der Waals surface area contributed by atoms with Crippen LogP contribution in [0.3, 0.4) is 0 Å². The van der Waals surface area contributed by atoms with Crippen LogP contribution in [-0.2, 0) is 37.6 Å². The smallest absolute Gasteiger partial charge is 0.350 e. The number of carboxylic acids is 2. The molecule has 0 saturated carbocycles. The van der Waals surface area contributed by atoms with Crippen molar-refractivity contribution in [3.8, 4) is 0 Å². The summed E-state index contributed by atoms with van der Waals surface area (Å²) in [6.07, 6.45) is 5.20. The van der Waals surface area contributed by atoms with E-state index in [2.05, 4.69) is 19.8 Å². The Balaban J connectivity index is 1.57. The normalized spacial score (nSPS) is 19.1. The maximum absolute atomic E-state index is 13.2. The van der Waals surface area contributed by atoms with Gasteiger partial charge in [0.2, 0.25) is 23.3 Å². The molecule has 0 radical (unpaired) electrons. The van der Waals surface area contributed by atoms with E-state index in [9.17, 15) is 29.4 Å². The van der Waals surface area contributed by atoms with E-state index in [-0.39, 0.29) is 29.0 Å². The number of carboxylic acid groups (broad SMARTS) is 2. The number of rotatable bonds is 11. The first kappa shape index (κ1) is 30.5. The molecule has 0 unspecified atom stereocenters. The second-order valence-electron chi connectivity index (χ2n) is 9.63. The number of nitrogens with zero attached hydrogens (tertiary/aromatic N) is 6. The Morgan fingerprint density at radius 1 is 1.38 bits per heavy atom. The summed E-state index contributed by atoms with van der Waals surface area (Å²) in [7, 11) is 1.71. The van der Waals surface area contributed by atoms with Crippen LogP contribution < -0.4 is 32.3 Å². The minimum absolute atomic E-state index is 0.00774. The number of aromatic nitrogens is 4. The number of β-lactam (4-membered cyclic amide) rings is 1. The summed E-state index contributed by atoms with van der Waals surface area (Å²) in [5, 5.41) is 26.9. The molecular formula is C23H28N10O7S2. The van der Waals surface area contributed by atoms with Crippen LogP contribution in [0.15, 0.2) is 28.7 Å². The number of fused-ring (bicyclic) bond motifs is 1. The molecule has 1 saturated heterocycles. The third kappa shape index (κ3) is 5.78. The molecule has 2 aromatic heterocycles. The zero-order valence-corrected chi connectivity index (χ0v) is 24.3. The summed E-state index contributed by atoms with van der Waals surface area (Å²) in [4.78, 5) is 60.0. The average molecular weight is 621 g/mol. The average Bonchev–Trinajstić information content (AvgIpc) is 3.47. The van der Waals surface area contributed by atoms with E-state index in [0.29, 0.717) is 23.5 Å². The zero-order valence-electron chi connectivity index (χ0n) is 22.6. The number of oxime groups is 1.